The summed E-state index contributed by atoms with van der Waals surface area (Å²) < 4.78 is 13.7. The highest BCUT2D eigenvalue weighted by Gasteiger charge is 2.11. The number of carboxylic acids is 1. The monoisotopic (exact) mass is 272 g/mol. The van der Waals surface area contributed by atoms with Gasteiger partial charge in [-0.15, -0.1) is 0 Å². The number of nitrogen functional groups attached to an aromatic ring is 1. The fraction of sp³-hybridized carbons (Fsp3) is 0. The van der Waals surface area contributed by atoms with E-state index in [-0.39, 0.29) is 28.3 Å². The zero-order chi connectivity index (χ0) is 14.7. The Bertz CT molecular complexity index is 725. The van der Waals surface area contributed by atoms with Crippen molar-refractivity contribution >= 4 is 23.2 Å². The second-order valence-corrected chi connectivity index (χ2v) is 3.89. The summed E-state index contributed by atoms with van der Waals surface area (Å²) >= 11 is 0. The number of carbonyl (C=O) groups is 1. The van der Waals surface area contributed by atoms with Crippen molar-refractivity contribution in [2.45, 2.75) is 0 Å². The van der Waals surface area contributed by atoms with E-state index in [0.29, 0.717) is 0 Å². The van der Waals surface area contributed by atoms with E-state index in [1.165, 1.54) is 24.4 Å². The lowest BCUT2D eigenvalue weighted by atomic mass is 10.2. The van der Waals surface area contributed by atoms with Crippen molar-refractivity contribution in [2.75, 3.05) is 11.1 Å². The van der Waals surface area contributed by atoms with E-state index in [9.17, 15) is 9.18 Å². The minimum absolute atomic E-state index is 0.0170. The first-order chi connectivity index (χ1) is 9.51. The predicted octanol–water partition coefficient (Wildman–Crippen LogP) is 2.12. The SMILES string of the molecule is N#Cc1ccc(Nc2cc(C(=O)O)c(N)cn2)c(F)c1. The lowest BCUT2D eigenvalue weighted by Crippen LogP contribution is -2.05. The molecule has 0 fully saturated rings. The molecule has 1 aromatic carbocycles. The molecular weight excluding hydrogens is 263 g/mol. The van der Waals surface area contributed by atoms with Gasteiger partial charge in [0.05, 0.1) is 34.8 Å². The molecule has 20 heavy (non-hydrogen) atoms. The number of carboxylic acid groups (broad SMARTS) is 1. The van der Waals surface area contributed by atoms with Crippen molar-refractivity contribution in [2.24, 2.45) is 0 Å². The third-order valence-electron chi connectivity index (χ3n) is 2.53. The Morgan fingerprint density at radius 2 is 2.20 bits per heavy atom. The molecule has 0 bridgehead atoms. The zero-order valence-corrected chi connectivity index (χ0v) is 10.1. The first-order valence-corrected chi connectivity index (χ1v) is 5.46. The van der Waals surface area contributed by atoms with Crippen molar-refractivity contribution in [3.8, 4) is 6.07 Å². The molecule has 100 valence electrons. The Morgan fingerprint density at radius 3 is 2.80 bits per heavy atom. The summed E-state index contributed by atoms with van der Waals surface area (Å²) in [6.45, 7) is 0. The van der Waals surface area contributed by atoms with Crippen LogP contribution in [0.1, 0.15) is 15.9 Å². The number of halogens is 1. The number of pyridine rings is 1. The lowest BCUT2D eigenvalue weighted by Gasteiger charge is -2.08. The van der Waals surface area contributed by atoms with Crippen LogP contribution in [0.2, 0.25) is 0 Å². The number of hydrogen-bond donors (Lipinski definition) is 3. The maximum atomic E-state index is 13.7. The highest BCUT2D eigenvalue weighted by molar-refractivity contribution is 5.94. The molecule has 0 spiro atoms. The number of anilines is 3. The van der Waals surface area contributed by atoms with E-state index in [2.05, 4.69) is 10.3 Å². The molecule has 4 N–H and O–H groups in total. The Kier molecular flexibility index (Phi) is 3.48. The lowest BCUT2D eigenvalue weighted by molar-refractivity contribution is 0.0698. The van der Waals surface area contributed by atoms with Gasteiger partial charge in [0.15, 0.2) is 0 Å². The molecule has 0 amide bonds. The quantitative estimate of drug-likeness (QED) is 0.788. The average Bonchev–Trinajstić information content (AvgIpc) is 2.42. The number of benzene rings is 1. The molecule has 0 aliphatic heterocycles. The number of aromatic carboxylic acids is 1. The summed E-state index contributed by atoms with van der Waals surface area (Å²) in [6.07, 6.45) is 1.17. The molecule has 2 aromatic rings. The minimum atomic E-state index is -1.20. The Labute approximate surface area is 113 Å². The van der Waals surface area contributed by atoms with Gasteiger partial charge in [-0.25, -0.2) is 14.2 Å². The van der Waals surface area contributed by atoms with Gasteiger partial charge >= 0.3 is 5.97 Å². The molecule has 0 aliphatic rings. The van der Waals surface area contributed by atoms with Gasteiger partial charge in [-0.1, -0.05) is 0 Å². The zero-order valence-electron chi connectivity index (χ0n) is 10.1. The van der Waals surface area contributed by atoms with E-state index in [1.54, 1.807) is 0 Å². The van der Waals surface area contributed by atoms with Crippen molar-refractivity contribution < 1.29 is 14.3 Å². The normalized spacial score (nSPS) is 9.80. The van der Waals surface area contributed by atoms with Crippen molar-refractivity contribution in [1.29, 1.82) is 5.26 Å². The summed E-state index contributed by atoms with van der Waals surface area (Å²) in [5.41, 5.74) is 5.62. The van der Waals surface area contributed by atoms with E-state index in [0.717, 1.165) is 6.07 Å². The smallest absolute Gasteiger partial charge is 0.337 e. The van der Waals surface area contributed by atoms with Crippen LogP contribution in [0.4, 0.5) is 21.6 Å². The molecule has 0 saturated heterocycles. The van der Waals surface area contributed by atoms with Crippen molar-refractivity contribution in [3.63, 3.8) is 0 Å². The molecule has 0 atom stereocenters. The molecule has 1 heterocycles. The van der Waals surface area contributed by atoms with Crippen LogP contribution in [-0.2, 0) is 0 Å². The van der Waals surface area contributed by atoms with E-state index < -0.39 is 11.8 Å². The van der Waals surface area contributed by atoms with Crippen LogP contribution < -0.4 is 11.1 Å². The van der Waals surface area contributed by atoms with E-state index in [4.69, 9.17) is 16.1 Å². The molecule has 1 aromatic heterocycles. The molecular formula is C13H9FN4O2. The van der Waals surface area contributed by atoms with E-state index >= 15 is 0 Å². The third-order valence-corrected chi connectivity index (χ3v) is 2.53. The van der Waals surface area contributed by atoms with Crippen LogP contribution in [0, 0.1) is 17.1 Å². The topological polar surface area (TPSA) is 112 Å². The molecule has 0 saturated carbocycles. The third kappa shape index (κ3) is 2.64. The fourth-order valence-corrected chi connectivity index (χ4v) is 1.54. The summed E-state index contributed by atoms with van der Waals surface area (Å²) in [4.78, 5) is 14.8. The number of nitrogens with one attached hydrogen (secondary N) is 1. The Morgan fingerprint density at radius 1 is 1.45 bits per heavy atom. The van der Waals surface area contributed by atoms with Gasteiger partial charge < -0.3 is 16.2 Å². The van der Waals surface area contributed by atoms with Crippen molar-refractivity contribution in [3.05, 3.63) is 47.4 Å². The van der Waals surface area contributed by atoms with Gasteiger partial charge in [-0.3, -0.25) is 0 Å². The number of nitrogens with two attached hydrogens (primary N) is 1. The first-order valence-electron chi connectivity index (χ1n) is 5.46. The van der Waals surface area contributed by atoms with Gasteiger partial charge in [0.2, 0.25) is 0 Å². The van der Waals surface area contributed by atoms with Crippen LogP contribution in [0.3, 0.4) is 0 Å². The van der Waals surface area contributed by atoms with E-state index in [1.807, 2.05) is 6.07 Å². The summed E-state index contributed by atoms with van der Waals surface area (Å²) in [7, 11) is 0. The molecule has 0 aliphatic carbocycles. The largest absolute Gasteiger partial charge is 0.478 e. The summed E-state index contributed by atoms with van der Waals surface area (Å²) in [6, 6.07) is 6.88. The highest BCUT2D eigenvalue weighted by atomic mass is 19.1. The van der Waals surface area contributed by atoms with Gasteiger partial charge in [-0.2, -0.15) is 5.26 Å². The van der Waals surface area contributed by atoms with Crippen molar-refractivity contribution in [1.82, 2.24) is 4.98 Å². The average molecular weight is 272 g/mol. The maximum absolute atomic E-state index is 13.7. The fourth-order valence-electron chi connectivity index (χ4n) is 1.54. The van der Waals surface area contributed by atoms with Crippen LogP contribution >= 0.6 is 0 Å². The minimum Gasteiger partial charge on any atom is -0.478 e. The number of nitriles is 1. The van der Waals surface area contributed by atoms with Crippen LogP contribution in [0.15, 0.2) is 30.5 Å². The van der Waals surface area contributed by atoms with Gasteiger partial charge in [0, 0.05) is 0 Å². The molecule has 2 rings (SSSR count). The van der Waals surface area contributed by atoms with Crippen LogP contribution in [0.25, 0.3) is 0 Å². The first kappa shape index (κ1) is 13.3. The summed E-state index contributed by atoms with van der Waals surface area (Å²) in [5.74, 6) is -1.70. The van der Waals surface area contributed by atoms with Gasteiger partial charge in [-0.05, 0) is 24.3 Å². The predicted molar refractivity (Wildman–Crippen MR) is 70.0 cm³/mol. The number of hydrogen-bond acceptors (Lipinski definition) is 5. The second kappa shape index (κ2) is 5.24. The standard InChI is InChI=1S/C13H9FN4O2/c14-9-3-7(5-15)1-2-11(9)18-12-4-8(13(19)20)10(16)6-17-12/h1-4,6H,16H2,(H,17,18)(H,19,20). The van der Waals surface area contributed by atoms with Crippen LogP contribution in [0.5, 0.6) is 0 Å². The second-order valence-electron chi connectivity index (χ2n) is 3.89. The molecule has 7 heteroatoms. The highest BCUT2D eigenvalue weighted by Crippen LogP contribution is 2.22. The number of nitrogens with zero attached hydrogens (tertiary/aromatic N) is 2. The summed E-state index contributed by atoms with van der Waals surface area (Å²) in [5, 5.41) is 20.2. The molecule has 6 nitrogen and oxygen atoms in total. The molecule has 0 radical (unpaired) electrons. The van der Waals surface area contributed by atoms with Gasteiger partial charge in [0.1, 0.15) is 11.6 Å². The van der Waals surface area contributed by atoms with Crippen LogP contribution in [-0.4, -0.2) is 16.1 Å². The molecule has 0 unspecified atom stereocenters. The Balaban J connectivity index is 2.33. The van der Waals surface area contributed by atoms with Gasteiger partial charge in [0.25, 0.3) is 0 Å². The number of aromatic nitrogens is 1. The Hall–Kier alpha value is -3.14. The maximum Gasteiger partial charge on any atom is 0.337 e. The number of rotatable bonds is 3.